The van der Waals surface area contributed by atoms with E-state index in [4.69, 9.17) is 4.74 Å². The molecule has 0 spiro atoms. The third kappa shape index (κ3) is 4.04. The summed E-state index contributed by atoms with van der Waals surface area (Å²) in [5, 5.41) is 3.64. The lowest BCUT2D eigenvalue weighted by Gasteiger charge is -2.39. The Bertz CT molecular complexity index is 206. The molecule has 1 rings (SSSR count). The molecule has 1 fully saturated rings. The molecule has 1 N–H and O–H groups in total. The molecule has 0 aromatic carbocycles. The van der Waals surface area contributed by atoms with Crippen LogP contribution in [0.25, 0.3) is 0 Å². The Hall–Kier alpha value is -0.120. The van der Waals surface area contributed by atoms with Gasteiger partial charge in [-0.15, -0.1) is 0 Å². The Morgan fingerprint density at radius 3 is 2.75 bits per heavy atom. The molecular formula is C13H28N2O. The van der Waals surface area contributed by atoms with Crippen molar-refractivity contribution in [2.75, 3.05) is 26.3 Å². The Morgan fingerprint density at radius 2 is 2.19 bits per heavy atom. The molecule has 3 heteroatoms. The van der Waals surface area contributed by atoms with Crippen LogP contribution in [0.3, 0.4) is 0 Å². The minimum absolute atomic E-state index is 0.254. The van der Waals surface area contributed by atoms with Crippen LogP contribution in [0, 0.1) is 0 Å². The van der Waals surface area contributed by atoms with E-state index in [9.17, 15) is 0 Å². The van der Waals surface area contributed by atoms with E-state index >= 15 is 0 Å². The Labute approximate surface area is 101 Å². The Balaban J connectivity index is 2.36. The first-order chi connectivity index (χ1) is 7.46. The van der Waals surface area contributed by atoms with Gasteiger partial charge < -0.3 is 10.1 Å². The van der Waals surface area contributed by atoms with Crippen LogP contribution < -0.4 is 5.32 Å². The van der Waals surface area contributed by atoms with Gasteiger partial charge in [-0.2, -0.15) is 0 Å². The van der Waals surface area contributed by atoms with Crippen LogP contribution >= 0.6 is 0 Å². The zero-order valence-corrected chi connectivity index (χ0v) is 11.5. The van der Waals surface area contributed by atoms with E-state index in [1.54, 1.807) is 0 Å². The highest BCUT2D eigenvalue weighted by molar-refractivity contribution is 4.82. The third-order valence-electron chi connectivity index (χ3n) is 3.75. The molecule has 0 aromatic heterocycles. The topological polar surface area (TPSA) is 24.5 Å². The number of ether oxygens (including phenoxy) is 1. The molecule has 96 valence electrons. The van der Waals surface area contributed by atoms with Crippen LogP contribution in [-0.4, -0.2) is 48.8 Å². The lowest BCUT2D eigenvalue weighted by atomic mass is 10.0. The van der Waals surface area contributed by atoms with E-state index in [-0.39, 0.29) is 5.54 Å². The smallest absolute Gasteiger partial charge is 0.0619 e. The van der Waals surface area contributed by atoms with E-state index in [1.165, 1.54) is 6.42 Å². The van der Waals surface area contributed by atoms with Crippen molar-refractivity contribution < 1.29 is 4.74 Å². The predicted octanol–water partition coefficient (Wildman–Crippen LogP) is 1.87. The molecule has 2 atom stereocenters. The second kappa shape index (κ2) is 5.99. The monoisotopic (exact) mass is 228 g/mol. The highest BCUT2D eigenvalue weighted by atomic mass is 16.5. The van der Waals surface area contributed by atoms with Crippen molar-refractivity contribution in [2.24, 2.45) is 0 Å². The lowest BCUT2D eigenvalue weighted by Crippen LogP contribution is -2.53. The minimum Gasteiger partial charge on any atom is -0.379 e. The molecule has 1 saturated heterocycles. The van der Waals surface area contributed by atoms with Crippen LogP contribution in [-0.2, 0) is 4.74 Å². The fourth-order valence-electron chi connectivity index (χ4n) is 2.06. The third-order valence-corrected chi connectivity index (χ3v) is 3.75. The molecule has 0 aromatic rings. The number of nitrogens with zero attached hydrogens (tertiary/aromatic N) is 1. The Kier molecular flexibility index (Phi) is 5.22. The standard InChI is InChI=1S/C13H28N2O/c1-6-13(4,5)14-9-11(2)15-7-8-16-10-12(15)3/h11-12,14H,6-10H2,1-5H3. The SMILES string of the molecule is CCC(C)(C)NCC(C)N1CCOCC1C. The number of morpholine rings is 1. The van der Waals surface area contributed by atoms with Crippen LogP contribution in [0.15, 0.2) is 0 Å². The summed E-state index contributed by atoms with van der Waals surface area (Å²) in [7, 11) is 0. The molecule has 3 nitrogen and oxygen atoms in total. The van der Waals surface area contributed by atoms with Crippen molar-refractivity contribution in [1.82, 2.24) is 10.2 Å². The van der Waals surface area contributed by atoms with Gasteiger partial charge in [0.15, 0.2) is 0 Å². The normalized spacial score (nSPS) is 25.7. The van der Waals surface area contributed by atoms with Gasteiger partial charge >= 0.3 is 0 Å². The average Bonchev–Trinajstić information content (AvgIpc) is 2.27. The summed E-state index contributed by atoms with van der Waals surface area (Å²) >= 11 is 0. The first-order valence-electron chi connectivity index (χ1n) is 6.55. The van der Waals surface area contributed by atoms with Gasteiger partial charge in [-0.1, -0.05) is 6.92 Å². The molecule has 0 amide bonds. The molecule has 1 aliphatic heterocycles. The van der Waals surface area contributed by atoms with Gasteiger partial charge in [0.05, 0.1) is 13.2 Å². The van der Waals surface area contributed by atoms with Crippen LogP contribution in [0.4, 0.5) is 0 Å². The summed E-state index contributed by atoms with van der Waals surface area (Å²) in [6.07, 6.45) is 1.17. The number of hydrogen-bond donors (Lipinski definition) is 1. The molecule has 16 heavy (non-hydrogen) atoms. The van der Waals surface area contributed by atoms with Gasteiger partial charge in [-0.05, 0) is 34.1 Å². The lowest BCUT2D eigenvalue weighted by molar-refractivity contribution is -0.0191. The maximum absolute atomic E-state index is 5.47. The predicted molar refractivity (Wildman–Crippen MR) is 68.8 cm³/mol. The van der Waals surface area contributed by atoms with Gasteiger partial charge in [0.25, 0.3) is 0 Å². The summed E-state index contributed by atoms with van der Waals surface area (Å²) < 4.78 is 5.47. The second-order valence-electron chi connectivity index (χ2n) is 5.63. The van der Waals surface area contributed by atoms with Crippen LogP contribution in [0.2, 0.25) is 0 Å². The fourth-order valence-corrected chi connectivity index (χ4v) is 2.06. The van der Waals surface area contributed by atoms with E-state index in [1.807, 2.05) is 0 Å². The van der Waals surface area contributed by atoms with Gasteiger partial charge in [0.2, 0.25) is 0 Å². The number of nitrogens with one attached hydrogen (secondary N) is 1. The largest absolute Gasteiger partial charge is 0.379 e. The summed E-state index contributed by atoms with van der Waals surface area (Å²) in [6.45, 7) is 15.2. The number of hydrogen-bond acceptors (Lipinski definition) is 3. The van der Waals surface area contributed by atoms with Gasteiger partial charge in [0, 0.05) is 30.7 Å². The maximum Gasteiger partial charge on any atom is 0.0619 e. The highest BCUT2D eigenvalue weighted by Crippen LogP contribution is 2.12. The quantitative estimate of drug-likeness (QED) is 0.777. The summed E-state index contributed by atoms with van der Waals surface area (Å²) in [5.74, 6) is 0. The van der Waals surface area contributed by atoms with E-state index in [0.717, 1.165) is 26.3 Å². The first-order valence-corrected chi connectivity index (χ1v) is 6.55. The van der Waals surface area contributed by atoms with Crippen molar-refractivity contribution in [3.8, 4) is 0 Å². The number of rotatable bonds is 5. The molecule has 0 aliphatic carbocycles. The second-order valence-corrected chi connectivity index (χ2v) is 5.63. The van der Waals surface area contributed by atoms with Crippen LogP contribution in [0.5, 0.6) is 0 Å². The maximum atomic E-state index is 5.47. The zero-order valence-electron chi connectivity index (χ0n) is 11.5. The van der Waals surface area contributed by atoms with Gasteiger partial charge in [0.1, 0.15) is 0 Å². The highest BCUT2D eigenvalue weighted by Gasteiger charge is 2.24. The molecular weight excluding hydrogens is 200 g/mol. The first kappa shape index (κ1) is 13.9. The molecule has 1 heterocycles. The molecule has 2 unspecified atom stereocenters. The van der Waals surface area contributed by atoms with Crippen molar-refractivity contribution >= 4 is 0 Å². The average molecular weight is 228 g/mol. The van der Waals surface area contributed by atoms with Crippen molar-refractivity contribution in [1.29, 1.82) is 0 Å². The summed E-state index contributed by atoms with van der Waals surface area (Å²) in [6, 6.07) is 1.14. The summed E-state index contributed by atoms with van der Waals surface area (Å²) in [4.78, 5) is 2.54. The van der Waals surface area contributed by atoms with Gasteiger partial charge in [-0.25, -0.2) is 0 Å². The Morgan fingerprint density at radius 1 is 1.50 bits per heavy atom. The van der Waals surface area contributed by atoms with E-state index in [0.29, 0.717) is 12.1 Å². The van der Waals surface area contributed by atoms with Crippen LogP contribution in [0.1, 0.15) is 41.0 Å². The fraction of sp³-hybridized carbons (Fsp3) is 1.00. The minimum atomic E-state index is 0.254. The van der Waals surface area contributed by atoms with Crippen molar-refractivity contribution in [3.05, 3.63) is 0 Å². The van der Waals surface area contributed by atoms with Crippen molar-refractivity contribution in [2.45, 2.75) is 58.7 Å². The zero-order chi connectivity index (χ0) is 12.2. The van der Waals surface area contributed by atoms with E-state index < -0.39 is 0 Å². The molecule has 1 aliphatic rings. The molecule has 0 bridgehead atoms. The molecule has 0 saturated carbocycles. The molecule has 0 radical (unpaired) electrons. The van der Waals surface area contributed by atoms with E-state index in [2.05, 4.69) is 44.8 Å². The summed E-state index contributed by atoms with van der Waals surface area (Å²) in [5.41, 5.74) is 0.254. The van der Waals surface area contributed by atoms with Gasteiger partial charge in [-0.3, -0.25) is 4.90 Å². The van der Waals surface area contributed by atoms with Crippen molar-refractivity contribution in [3.63, 3.8) is 0 Å².